The molecule has 0 amide bonds. The lowest BCUT2D eigenvalue weighted by molar-refractivity contribution is 0.796. The molecule has 1 nitrogen and oxygen atoms in total. The van der Waals surface area contributed by atoms with Gasteiger partial charge in [0.1, 0.15) is 0 Å². The van der Waals surface area contributed by atoms with Crippen LogP contribution in [0, 0.1) is 0 Å². The first-order valence-corrected chi connectivity index (χ1v) is 15.3. The van der Waals surface area contributed by atoms with Gasteiger partial charge in [0.2, 0.25) is 0 Å². The highest BCUT2D eigenvalue weighted by Gasteiger charge is 2.18. The number of benzene rings is 7. The van der Waals surface area contributed by atoms with Gasteiger partial charge >= 0.3 is 0 Å². The number of unbranched alkanes of at least 4 members (excludes halogenated alkanes) is 1. The quantitative estimate of drug-likeness (QED) is 0.169. The molecule has 0 bridgehead atoms. The third-order valence-corrected chi connectivity index (χ3v) is 8.41. The van der Waals surface area contributed by atoms with Crippen LogP contribution in [-0.4, -0.2) is 0 Å². The predicted octanol–water partition coefficient (Wildman–Crippen LogP) is 12.1. The Morgan fingerprint density at radius 2 is 1.07 bits per heavy atom. The molecule has 0 saturated heterocycles. The normalized spacial score (nSPS) is 11.2. The van der Waals surface area contributed by atoms with Gasteiger partial charge in [0, 0.05) is 16.8 Å². The van der Waals surface area contributed by atoms with Crippen molar-refractivity contribution in [2.45, 2.75) is 26.2 Å². The van der Waals surface area contributed by atoms with Crippen molar-refractivity contribution in [1.29, 1.82) is 0 Å². The van der Waals surface area contributed by atoms with Gasteiger partial charge < -0.3 is 4.90 Å². The summed E-state index contributed by atoms with van der Waals surface area (Å²) in [5.41, 5.74) is 9.72. The summed E-state index contributed by atoms with van der Waals surface area (Å²) in [6.07, 6.45) is 3.54. The molecule has 0 heterocycles. The Hall–Kier alpha value is -5.14. The number of aryl methyl sites for hydroxylation is 1. The molecule has 0 fully saturated rings. The standard InChI is InChI=1S/C42H35N/c1-2-3-13-31-22-23-36-30-42(40-21-11-10-20-39(40)41(36)28-31)43(37-26-24-34(25-27-37)32-14-6-4-7-15-32)38-19-12-18-35(29-38)33-16-8-5-9-17-33/h4-12,14-30H,2-3,13H2,1H3. The Kier molecular flexibility index (Phi) is 7.46. The van der Waals surface area contributed by atoms with Crippen LogP contribution in [0.2, 0.25) is 0 Å². The predicted molar refractivity (Wildman–Crippen MR) is 186 cm³/mol. The van der Waals surface area contributed by atoms with Crippen molar-refractivity contribution < 1.29 is 0 Å². The first-order chi connectivity index (χ1) is 21.3. The monoisotopic (exact) mass is 553 g/mol. The smallest absolute Gasteiger partial charge is 0.0546 e. The van der Waals surface area contributed by atoms with Crippen molar-refractivity contribution in [3.8, 4) is 22.3 Å². The molecule has 0 aliphatic carbocycles. The maximum Gasteiger partial charge on any atom is 0.0546 e. The zero-order valence-corrected chi connectivity index (χ0v) is 24.6. The lowest BCUT2D eigenvalue weighted by Crippen LogP contribution is -2.11. The molecule has 1 heteroatoms. The molecule has 7 aromatic carbocycles. The molecule has 43 heavy (non-hydrogen) atoms. The van der Waals surface area contributed by atoms with E-state index in [1.807, 2.05) is 0 Å². The van der Waals surface area contributed by atoms with E-state index in [4.69, 9.17) is 0 Å². The Bertz CT molecular complexity index is 1990. The van der Waals surface area contributed by atoms with E-state index in [9.17, 15) is 0 Å². The van der Waals surface area contributed by atoms with Crippen LogP contribution < -0.4 is 4.90 Å². The van der Waals surface area contributed by atoms with Gasteiger partial charge in [-0.05, 0) is 87.1 Å². The first-order valence-electron chi connectivity index (χ1n) is 15.3. The number of hydrogen-bond acceptors (Lipinski definition) is 1. The zero-order chi connectivity index (χ0) is 29.0. The Labute approximate surface area is 254 Å². The van der Waals surface area contributed by atoms with Crippen LogP contribution in [0.4, 0.5) is 17.1 Å². The van der Waals surface area contributed by atoms with E-state index in [2.05, 4.69) is 170 Å². The van der Waals surface area contributed by atoms with E-state index in [1.54, 1.807) is 0 Å². The fraction of sp³-hybridized carbons (Fsp3) is 0.0952. The van der Waals surface area contributed by atoms with Gasteiger partial charge in [0.05, 0.1) is 5.69 Å². The van der Waals surface area contributed by atoms with Crippen LogP contribution in [0.3, 0.4) is 0 Å². The first kappa shape index (κ1) is 26.7. The van der Waals surface area contributed by atoms with Crippen molar-refractivity contribution in [2.24, 2.45) is 0 Å². The molecular weight excluding hydrogens is 518 g/mol. The molecule has 0 radical (unpaired) electrons. The molecule has 0 aromatic heterocycles. The fourth-order valence-electron chi connectivity index (χ4n) is 6.17. The van der Waals surface area contributed by atoms with Crippen molar-refractivity contribution in [3.63, 3.8) is 0 Å². The van der Waals surface area contributed by atoms with Crippen LogP contribution in [-0.2, 0) is 6.42 Å². The van der Waals surface area contributed by atoms with Gasteiger partial charge in [-0.25, -0.2) is 0 Å². The summed E-state index contributed by atoms with van der Waals surface area (Å²) >= 11 is 0. The average molecular weight is 554 g/mol. The second-order valence-electron chi connectivity index (χ2n) is 11.3. The highest BCUT2D eigenvalue weighted by atomic mass is 15.1. The number of hydrogen-bond donors (Lipinski definition) is 0. The van der Waals surface area contributed by atoms with E-state index in [-0.39, 0.29) is 0 Å². The van der Waals surface area contributed by atoms with Gasteiger partial charge in [0.15, 0.2) is 0 Å². The van der Waals surface area contributed by atoms with E-state index in [1.165, 1.54) is 67.9 Å². The summed E-state index contributed by atoms with van der Waals surface area (Å²) < 4.78 is 0. The summed E-state index contributed by atoms with van der Waals surface area (Å²) in [7, 11) is 0. The second-order valence-corrected chi connectivity index (χ2v) is 11.3. The largest absolute Gasteiger partial charge is 0.310 e. The molecule has 0 aliphatic heterocycles. The summed E-state index contributed by atoms with van der Waals surface area (Å²) in [6, 6.07) is 57.4. The number of rotatable bonds is 8. The summed E-state index contributed by atoms with van der Waals surface area (Å²) in [4.78, 5) is 2.42. The SMILES string of the molecule is CCCCc1ccc2cc(N(c3ccc(-c4ccccc4)cc3)c3cccc(-c4ccccc4)c3)c3ccccc3c2c1. The summed E-state index contributed by atoms with van der Waals surface area (Å²) in [5, 5.41) is 5.13. The fourth-order valence-corrected chi connectivity index (χ4v) is 6.17. The second kappa shape index (κ2) is 12.0. The highest BCUT2D eigenvalue weighted by Crippen LogP contribution is 2.43. The van der Waals surface area contributed by atoms with Crippen LogP contribution >= 0.6 is 0 Å². The minimum atomic E-state index is 1.12. The minimum Gasteiger partial charge on any atom is -0.310 e. The minimum absolute atomic E-state index is 1.12. The zero-order valence-electron chi connectivity index (χ0n) is 24.6. The van der Waals surface area contributed by atoms with Crippen LogP contribution in [0.5, 0.6) is 0 Å². The van der Waals surface area contributed by atoms with Gasteiger partial charge in [-0.2, -0.15) is 0 Å². The molecule has 208 valence electrons. The molecule has 0 saturated carbocycles. The molecular formula is C42H35N. The summed E-state index contributed by atoms with van der Waals surface area (Å²) in [5.74, 6) is 0. The van der Waals surface area contributed by atoms with E-state index in [0.29, 0.717) is 0 Å². The maximum atomic E-state index is 2.42. The number of anilines is 3. The van der Waals surface area contributed by atoms with E-state index in [0.717, 1.165) is 17.8 Å². The van der Waals surface area contributed by atoms with Gasteiger partial charge in [0.25, 0.3) is 0 Å². The van der Waals surface area contributed by atoms with Crippen LogP contribution in [0.1, 0.15) is 25.3 Å². The van der Waals surface area contributed by atoms with E-state index < -0.39 is 0 Å². The third kappa shape index (κ3) is 5.43. The summed E-state index contributed by atoms with van der Waals surface area (Å²) in [6.45, 7) is 2.26. The molecule has 0 aliphatic rings. The molecule has 7 rings (SSSR count). The lowest BCUT2D eigenvalue weighted by atomic mass is 9.96. The topological polar surface area (TPSA) is 3.24 Å². The number of fused-ring (bicyclic) bond motifs is 3. The number of nitrogens with zero attached hydrogens (tertiary/aromatic N) is 1. The van der Waals surface area contributed by atoms with Crippen LogP contribution in [0.15, 0.2) is 158 Å². The van der Waals surface area contributed by atoms with Gasteiger partial charge in [-0.3, -0.25) is 0 Å². The van der Waals surface area contributed by atoms with Gasteiger partial charge in [-0.1, -0.05) is 141 Å². The Balaban J connectivity index is 1.43. The molecule has 0 atom stereocenters. The van der Waals surface area contributed by atoms with Crippen molar-refractivity contribution in [1.82, 2.24) is 0 Å². The Morgan fingerprint density at radius 3 is 1.79 bits per heavy atom. The average Bonchev–Trinajstić information content (AvgIpc) is 3.09. The van der Waals surface area contributed by atoms with Gasteiger partial charge in [-0.15, -0.1) is 0 Å². The van der Waals surface area contributed by atoms with Crippen LogP contribution in [0.25, 0.3) is 43.8 Å². The van der Waals surface area contributed by atoms with Crippen molar-refractivity contribution >= 4 is 38.6 Å². The maximum absolute atomic E-state index is 2.42. The Morgan fingerprint density at radius 1 is 0.442 bits per heavy atom. The molecule has 0 N–H and O–H groups in total. The van der Waals surface area contributed by atoms with Crippen molar-refractivity contribution in [2.75, 3.05) is 4.90 Å². The van der Waals surface area contributed by atoms with Crippen molar-refractivity contribution in [3.05, 3.63) is 163 Å². The molecule has 7 aromatic rings. The lowest BCUT2D eigenvalue weighted by Gasteiger charge is -2.28. The molecule has 0 unspecified atom stereocenters. The third-order valence-electron chi connectivity index (χ3n) is 8.41. The molecule has 0 spiro atoms. The highest BCUT2D eigenvalue weighted by molar-refractivity contribution is 6.14. The van der Waals surface area contributed by atoms with E-state index >= 15 is 0 Å².